The van der Waals surface area contributed by atoms with E-state index >= 15 is 0 Å². The summed E-state index contributed by atoms with van der Waals surface area (Å²) in [5.74, 6) is 0. The van der Waals surface area contributed by atoms with E-state index in [4.69, 9.17) is 0 Å². The summed E-state index contributed by atoms with van der Waals surface area (Å²) in [7, 11) is 2.23. The van der Waals surface area contributed by atoms with Crippen LogP contribution in [-0.4, -0.2) is 62.2 Å². The van der Waals surface area contributed by atoms with Crippen LogP contribution in [0.5, 0.6) is 0 Å². The number of hydrogen-bond acceptors (Lipinski definition) is 3. The molecule has 0 aromatic rings. The fourth-order valence-corrected chi connectivity index (χ4v) is 3.17. The summed E-state index contributed by atoms with van der Waals surface area (Å²) in [6.45, 7) is 7.84. The molecule has 0 aromatic heterocycles. The molecule has 3 aliphatic heterocycles. The van der Waals surface area contributed by atoms with Gasteiger partial charge in [0.2, 0.25) is 0 Å². The maximum absolute atomic E-state index is 3.36. The predicted molar refractivity (Wildman–Crippen MR) is 52.8 cm³/mol. The van der Waals surface area contributed by atoms with E-state index in [1.165, 1.54) is 45.7 Å². The number of nitrogens with zero attached hydrogens (tertiary/aromatic N) is 2. The fourth-order valence-electron chi connectivity index (χ4n) is 3.17. The molecule has 3 heterocycles. The first kappa shape index (κ1) is 8.21. The highest BCUT2D eigenvalue weighted by Crippen LogP contribution is 2.39. The number of rotatable bonds is 1. The van der Waals surface area contributed by atoms with Gasteiger partial charge in [-0.3, -0.25) is 4.90 Å². The summed E-state index contributed by atoms with van der Waals surface area (Å²) in [5, 5.41) is 3.36. The molecule has 0 aromatic carbocycles. The van der Waals surface area contributed by atoms with Gasteiger partial charge < -0.3 is 10.2 Å². The second-order valence-electron chi connectivity index (χ2n) is 5.20. The molecule has 0 saturated carbocycles. The minimum Gasteiger partial charge on any atom is -0.314 e. The molecule has 3 fully saturated rings. The Morgan fingerprint density at radius 1 is 1.23 bits per heavy atom. The van der Waals surface area contributed by atoms with E-state index in [2.05, 4.69) is 22.2 Å². The molecule has 3 aliphatic rings. The van der Waals surface area contributed by atoms with Gasteiger partial charge >= 0.3 is 0 Å². The molecule has 0 unspecified atom stereocenters. The smallest absolute Gasteiger partial charge is 0.0345 e. The SMILES string of the molecule is CN1CC2(CCN(C3CNC3)C2)C1. The largest absolute Gasteiger partial charge is 0.314 e. The standard InChI is InChI=1S/C10H19N3/c1-12-6-10(7-12)2-3-13(8-10)9-4-11-5-9/h9,11H,2-8H2,1H3. The number of hydrogen-bond donors (Lipinski definition) is 1. The maximum atomic E-state index is 3.36. The molecule has 0 aliphatic carbocycles. The van der Waals surface area contributed by atoms with Crippen molar-refractivity contribution in [2.75, 3.05) is 46.3 Å². The van der Waals surface area contributed by atoms with Gasteiger partial charge in [-0.2, -0.15) is 0 Å². The van der Waals surface area contributed by atoms with Crippen molar-refractivity contribution in [2.45, 2.75) is 12.5 Å². The van der Waals surface area contributed by atoms with Crippen LogP contribution in [0.4, 0.5) is 0 Å². The predicted octanol–water partition coefficient (Wildman–Crippen LogP) is -0.404. The van der Waals surface area contributed by atoms with Crippen LogP contribution < -0.4 is 5.32 Å². The highest BCUT2D eigenvalue weighted by Gasteiger charge is 2.47. The molecule has 0 amide bonds. The van der Waals surface area contributed by atoms with Crippen molar-refractivity contribution >= 4 is 0 Å². The van der Waals surface area contributed by atoms with E-state index in [9.17, 15) is 0 Å². The third-order valence-corrected chi connectivity index (χ3v) is 3.95. The van der Waals surface area contributed by atoms with Crippen LogP contribution in [-0.2, 0) is 0 Å². The van der Waals surface area contributed by atoms with Gasteiger partial charge in [0.25, 0.3) is 0 Å². The quantitative estimate of drug-likeness (QED) is 0.593. The first-order valence-electron chi connectivity index (χ1n) is 5.41. The van der Waals surface area contributed by atoms with Crippen LogP contribution in [0.15, 0.2) is 0 Å². The van der Waals surface area contributed by atoms with Gasteiger partial charge in [-0.15, -0.1) is 0 Å². The molecule has 13 heavy (non-hydrogen) atoms. The molecule has 74 valence electrons. The summed E-state index contributed by atoms with van der Waals surface area (Å²) in [5.41, 5.74) is 0.699. The summed E-state index contributed by atoms with van der Waals surface area (Å²) in [6.07, 6.45) is 1.44. The lowest BCUT2D eigenvalue weighted by Crippen LogP contribution is -2.60. The highest BCUT2D eigenvalue weighted by molar-refractivity contribution is 5.03. The maximum Gasteiger partial charge on any atom is 0.0345 e. The van der Waals surface area contributed by atoms with E-state index in [1.54, 1.807) is 0 Å². The van der Waals surface area contributed by atoms with Gasteiger partial charge in [0.1, 0.15) is 0 Å². The summed E-state index contributed by atoms with van der Waals surface area (Å²) in [6, 6.07) is 0.866. The van der Waals surface area contributed by atoms with Crippen LogP contribution in [0.2, 0.25) is 0 Å². The lowest BCUT2D eigenvalue weighted by molar-refractivity contribution is 0.0232. The van der Waals surface area contributed by atoms with Crippen molar-refractivity contribution < 1.29 is 0 Å². The Morgan fingerprint density at radius 2 is 2.00 bits per heavy atom. The van der Waals surface area contributed by atoms with Crippen LogP contribution in [0.1, 0.15) is 6.42 Å². The second kappa shape index (κ2) is 2.69. The average Bonchev–Trinajstić information content (AvgIpc) is 2.28. The van der Waals surface area contributed by atoms with E-state index in [1.807, 2.05) is 0 Å². The highest BCUT2D eigenvalue weighted by atomic mass is 15.3. The molecule has 0 radical (unpaired) electrons. The third-order valence-electron chi connectivity index (χ3n) is 3.95. The second-order valence-corrected chi connectivity index (χ2v) is 5.20. The Bertz CT molecular complexity index is 206. The lowest BCUT2D eigenvalue weighted by atomic mass is 9.79. The minimum atomic E-state index is 0.699. The van der Waals surface area contributed by atoms with Crippen LogP contribution in [0.25, 0.3) is 0 Å². The first-order chi connectivity index (χ1) is 6.27. The molecule has 3 rings (SSSR count). The molecular formula is C10H19N3. The zero-order valence-corrected chi connectivity index (χ0v) is 8.42. The molecule has 3 saturated heterocycles. The molecular weight excluding hydrogens is 162 g/mol. The fraction of sp³-hybridized carbons (Fsp3) is 1.00. The zero-order valence-electron chi connectivity index (χ0n) is 8.42. The molecule has 1 N–H and O–H groups in total. The lowest BCUT2D eigenvalue weighted by Gasteiger charge is -2.47. The molecule has 3 nitrogen and oxygen atoms in total. The Labute approximate surface area is 80.1 Å². The monoisotopic (exact) mass is 181 g/mol. The number of likely N-dealkylation sites (tertiary alicyclic amines) is 2. The Kier molecular flexibility index (Phi) is 1.70. The molecule has 0 atom stereocenters. The zero-order chi connectivity index (χ0) is 8.89. The Hall–Kier alpha value is -0.120. The van der Waals surface area contributed by atoms with Gasteiger partial charge in [0.05, 0.1) is 0 Å². The topological polar surface area (TPSA) is 18.5 Å². The molecule has 0 bridgehead atoms. The van der Waals surface area contributed by atoms with E-state index in [0.29, 0.717) is 5.41 Å². The van der Waals surface area contributed by atoms with Crippen LogP contribution in [0, 0.1) is 5.41 Å². The normalized spacial score (nSPS) is 34.8. The van der Waals surface area contributed by atoms with Gasteiger partial charge in [0, 0.05) is 44.2 Å². The third kappa shape index (κ3) is 1.22. The van der Waals surface area contributed by atoms with Crippen molar-refractivity contribution in [3.05, 3.63) is 0 Å². The number of nitrogens with one attached hydrogen (secondary N) is 1. The Balaban J connectivity index is 1.59. The van der Waals surface area contributed by atoms with E-state index in [-0.39, 0.29) is 0 Å². The van der Waals surface area contributed by atoms with Crippen molar-refractivity contribution in [2.24, 2.45) is 5.41 Å². The van der Waals surface area contributed by atoms with Crippen LogP contribution in [0.3, 0.4) is 0 Å². The van der Waals surface area contributed by atoms with E-state index in [0.717, 1.165) is 6.04 Å². The van der Waals surface area contributed by atoms with Crippen molar-refractivity contribution in [3.8, 4) is 0 Å². The van der Waals surface area contributed by atoms with Crippen molar-refractivity contribution in [1.82, 2.24) is 15.1 Å². The van der Waals surface area contributed by atoms with Crippen molar-refractivity contribution in [1.29, 1.82) is 0 Å². The summed E-state index contributed by atoms with van der Waals surface area (Å²) in [4.78, 5) is 5.14. The minimum absolute atomic E-state index is 0.699. The van der Waals surface area contributed by atoms with E-state index < -0.39 is 0 Å². The summed E-state index contributed by atoms with van der Waals surface area (Å²) >= 11 is 0. The Morgan fingerprint density at radius 3 is 2.54 bits per heavy atom. The molecule has 3 heteroatoms. The summed E-state index contributed by atoms with van der Waals surface area (Å²) < 4.78 is 0. The van der Waals surface area contributed by atoms with Gasteiger partial charge in [-0.25, -0.2) is 0 Å². The molecule has 1 spiro atoms. The van der Waals surface area contributed by atoms with Crippen molar-refractivity contribution in [3.63, 3.8) is 0 Å². The van der Waals surface area contributed by atoms with Gasteiger partial charge in [-0.05, 0) is 20.0 Å². The average molecular weight is 181 g/mol. The van der Waals surface area contributed by atoms with Crippen LogP contribution >= 0.6 is 0 Å². The van der Waals surface area contributed by atoms with Gasteiger partial charge in [-0.1, -0.05) is 0 Å². The van der Waals surface area contributed by atoms with Gasteiger partial charge in [0.15, 0.2) is 0 Å². The first-order valence-corrected chi connectivity index (χ1v) is 5.41.